The van der Waals surface area contributed by atoms with Gasteiger partial charge in [-0.3, -0.25) is 0 Å². The molecule has 0 aliphatic rings. The molecule has 0 aliphatic carbocycles. The van der Waals surface area contributed by atoms with Gasteiger partial charge in [-0.05, 0) is 7.92 Å². The van der Waals surface area contributed by atoms with Crippen LogP contribution in [0.4, 0.5) is 0 Å². The van der Waals surface area contributed by atoms with Gasteiger partial charge in [0.1, 0.15) is 0 Å². The molecule has 0 amide bonds. The van der Waals surface area contributed by atoms with E-state index in [1.807, 2.05) is 0 Å². The van der Waals surface area contributed by atoms with E-state index in [1.54, 1.807) is 0 Å². The minimum atomic E-state index is -0.887. The summed E-state index contributed by atoms with van der Waals surface area (Å²) < 4.78 is 0. The third kappa shape index (κ3) is 4.43. The fourth-order valence-corrected chi connectivity index (χ4v) is 0.402. The number of hydrogen-bond acceptors (Lipinski definition) is 3. The summed E-state index contributed by atoms with van der Waals surface area (Å²) >= 11 is 0. The Balaban J connectivity index is 0. The third-order valence-corrected chi connectivity index (χ3v) is 1.80. The van der Waals surface area contributed by atoms with E-state index >= 15 is 0 Å². The van der Waals surface area contributed by atoms with Crippen LogP contribution in [0, 0.1) is 0 Å². The van der Waals surface area contributed by atoms with E-state index in [9.17, 15) is 0 Å². The summed E-state index contributed by atoms with van der Waals surface area (Å²) in [5.41, 5.74) is 0. The molecule has 0 aliphatic heterocycles. The van der Waals surface area contributed by atoms with E-state index in [2.05, 4.69) is 0 Å². The highest BCUT2D eigenvalue weighted by Crippen LogP contribution is 2.29. The van der Waals surface area contributed by atoms with Crippen molar-refractivity contribution in [2.45, 2.75) is 0 Å². The molecule has 0 radical (unpaired) electrons. The summed E-state index contributed by atoms with van der Waals surface area (Å²) in [5, 5.41) is 24.7. The first-order valence-electron chi connectivity index (χ1n) is 1.90. The van der Waals surface area contributed by atoms with Crippen LogP contribution in [0.1, 0.15) is 0 Å². The quantitative estimate of drug-likeness (QED) is 0.418. The zero-order chi connectivity index (χ0) is 5.70. The summed E-state index contributed by atoms with van der Waals surface area (Å²) in [6.45, 7) is 0. The summed E-state index contributed by atoms with van der Waals surface area (Å²) in [6, 6.07) is 0. The standard InChI is InChI=1S/C3H9O3P.H2O/c4-1-7(2-5)3-6;/h4-6H,1-3H2;1H2. The van der Waals surface area contributed by atoms with Crippen molar-refractivity contribution >= 4 is 7.92 Å². The Morgan fingerprint density at radius 1 is 0.875 bits per heavy atom. The maximum Gasteiger partial charge on any atom is 0.0668 e. The molecule has 8 heavy (non-hydrogen) atoms. The molecule has 5 heteroatoms. The lowest BCUT2D eigenvalue weighted by atomic mass is 11.6. The Bertz CT molecular complexity index is 32.8. The van der Waals surface area contributed by atoms with Crippen molar-refractivity contribution in [2.75, 3.05) is 19.0 Å². The van der Waals surface area contributed by atoms with Crippen molar-refractivity contribution in [3.63, 3.8) is 0 Å². The molecule has 0 atom stereocenters. The number of hydrogen-bond donors (Lipinski definition) is 3. The van der Waals surface area contributed by atoms with Gasteiger partial charge in [0.25, 0.3) is 0 Å². The van der Waals surface area contributed by atoms with Crippen molar-refractivity contribution in [2.24, 2.45) is 0 Å². The molecule has 52 valence electrons. The molecule has 0 saturated heterocycles. The van der Waals surface area contributed by atoms with Crippen molar-refractivity contribution < 1.29 is 20.8 Å². The molecule has 0 spiro atoms. The zero-order valence-corrected chi connectivity index (χ0v) is 5.30. The lowest BCUT2D eigenvalue weighted by Crippen LogP contribution is -1.91. The van der Waals surface area contributed by atoms with Gasteiger partial charge in [-0.1, -0.05) is 0 Å². The van der Waals surface area contributed by atoms with Crippen LogP contribution in [0.15, 0.2) is 0 Å². The first-order chi connectivity index (χ1) is 3.35. The first kappa shape index (κ1) is 11.1. The van der Waals surface area contributed by atoms with Gasteiger partial charge in [-0.2, -0.15) is 0 Å². The Labute approximate surface area is 48.8 Å². The third-order valence-electron chi connectivity index (χ3n) is 0.600. The van der Waals surface area contributed by atoms with Gasteiger partial charge in [-0.15, -0.1) is 0 Å². The van der Waals surface area contributed by atoms with Crippen LogP contribution in [0.25, 0.3) is 0 Å². The van der Waals surface area contributed by atoms with Gasteiger partial charge >= 0.3 is 0 Å². The Hall–Kier alpha value is 0.270. The maximum atomic E-state index is 8.23. The second-order valence-corrected chi connectivity index (χ2v) is 3.29. The normalized spacial score (nSPS) is 9.00. The topological polar surface area (TPSA) is 92.2 Å². The van der Waals surface area contributed by atoms with Crippen LogP contribution >= 0.6 is 7.92 Å². The zero-order valence-electron chi connectivity index (χ0n) is 4.41. The van der Waals surface area contributed by atoms with E-state index < -0.39 is 7.92 Å². The van der Waals surface area contributed by atoms with Gasteiger partial charge in [0.15, 0.2) is 0 Å². The van der Waals surface area contributed by atoms with Crippen LogP contribution < -0.4 is 0 Å². The molecular weight excluding hydrogens is 131 g/mol. The molecule has 0 unspecified atom stereocenters. The fraction of sp³-hybridized carbons (Fsp3) is 1.00. The van der Waals surface area contributed by atoms with Crippen molar-refractivity contribution in [3.05, 3.63) is 0 Å². The average molecular weight is 142 g/mol. The minimum Gasteiger partial charge on any atom is -0.412 e. The molecule has 0 aromatic heterocycles. The van der Waals surface area contributed by atoms with Crippen molar-refractivity contribution in [1.29, 1.82) is 0 Å². The van der Waals surface area contributed by atoms with Gasteiger partial charge < -0.3 is 20.8 Å². The van der Waals surface area contributed by atoms with E-state index in [4.69, 9.17) is 15.3 Å². The number of aliphatic hydroxyl groups excluding tert-OH is 3. The molecule has 0 bridgehead atoms. The molecule has 0 rings (SSSR count). The number of aliphatic hydroxyl groups is 3. The lowest BCUT2D eigenvalue weighted by molar-refractivity contribution is 0.319. The van der Waals surface area contributed by atoms with E-state index in [1.165, 1.54) is 0 Å². The summed E-state index contributed by atoms with van der Waals surface area (Å²) in [7, 11) is -0.887. The van der Waals surface area contributed by atoms with E-state index in [0.717, 1.165) is 0 Å². The second-order valence-electron chi connectivity index (χ2n) is 1.10. The van der Waals surface area contributed by atoms with Gasteiger partial charge in [0, 0.05) is 0 Å². The molecule has 5 N–H and O–H groups in total. The molecule has 4 nitrogen and oxygen atoms in total. The molecular formula is C3H11O4P. The fourth-order valence-electron chi connectivity index (χ4n) is 0.134. The Morgan fingerprint density at radius 3 is 1.12 bits per heavy atom. The highest BCUT2D eigenvalue weighted by atomic mass is 31.1. The molecule has 0 aromatic rings. The van der Waals surface area contributed by atoms with Crippen molar-refractivity contribution in [1.82, 2.24) is 0 Å². The van der Waals surface area contributed by atoms with Crippen LogP contribution in [-0.2, 0) is 0 Å². The predicted molar refractivity (Wildman–Crippen MR) is 31.8 cm³/mol. The molecule has 0 saturated carbocycles. The second kappa shape index (κ2) is 7.27. The monoisotopic (exact) mass is 142 g/mol. The molecule has 0 aromatic carbocycles. The van der Waals surface area contributed by atoms with Gasteiger partial charge in [0.2, 0.25) is 0 Å². The first-order valence-corrected chi connectivity index (χ1v) is 3.79. The predicted octanol–water partition coefficient (Wildman–Crippen LogP) is -1.51. The summed E-state index contributed by atoms with van der Waals surface area (Å²) in [6.07, 6.45) is -0.243. The van der Waals surface area contributed by atoms with Gasteiger partial charge in [0.05, 0.1) is 19.0 Å². The highest BCUT2D eigenvalue weighted by molar-refractivity contribution is 7.56. The van der Waals surface area contributed by atoms with Crippen LogP contribution in [0.5, 0.6) is 0 Å². The van der Waals surface area contributed by atoms with E-state index in [0.29, 0.717) is 0 Å². The summed E-state index contributed by atoms with van der Waals surface area (Å²) in [5.74, 6) is 0. The van der Waals surface area contributed by atoms with E-state index in [-0.39, 0.29) is 24.5 Å². The largest absolute Gasteiger partial charge is 0.412 e. The summed E-state index contributed by atoms with van der Waals surface area (Å²) in [4.78, 5) is 0. The maximum absolute atomic E-state index is 8.23. The molecule has 0 heterocycles. The SMILES string of the molecule is O.OCP(CO)CO. The smallest absolute Gasteiger partial charge is 0.0668 e. The van der Waals surface area contributed by atoms with Crippen molar-refractivity contribution in [3.8, 4) is 0 Å². The average Bonchev–Trinajstić information content (AvgIpc) is 1.72. The van der Waals surface area contributed by atoms with Gasteiger partial charge in [-0.25, -0.2) is 0 Å². The lowest BCUT2D eigenvalue weighted by Gasteiger charge is -2.03. The Morgan fingerprint density at radius 2 is 1.12 bits per heavy atom. The van der Waals surface area contributed by atoms with Crippen LogP contribution in [-0.4, -0.2) is 39.8 Å². The molecule has 0 fully saturated rings. The number of rotatable bonds is 3. The van der Waals surface area contributed by atoms with Crippen LogP contribution in [0.3, 0.4) is 0 Å². The van der Waals surface area contributed by atoms with Crippen LogP contribution in [0.2, 0.25) is 0 Å². The highest BCUT2D eigenvalue weighted by Gasteiger charge is 1.98. The Kier molecular flexibility index (Phi) is 10.1. The minimum absolute atomic E-state index is 0.